The molecule has 4 heteroatoms. The van der Waals surface area contributed by atoms with Crippen LogP contribution >= 0.6 is 11.3 Å². The summed E-state index contributed by atoms with van der Waals surface area (Å²) in [6, 6.07) is 0.567. The summed E-state index contributed by atoms with van der Waals surface area (Å²) in [4.78, 5) is 7.14. The highest BCUT2D eigenvalue weighted by Gasteiger charge is 2.41. The number of piperazine rings is 1. The Balaban J connectivity index is 2.18. The quantitative estimate of drug-likeness (QED) is 0.921. The summed E-state index contributed by atoms with van der Waals surface area (Å²) >= 11 is 1.77. The van der Waals surface area contributed by atoms with Crippen LogP contribution in [0.2, 0.25) is 0 Å². The lowest BCUT2D eigenvalue weighted by molar-refractivity contribution is 0.0130. The average Bonchev–Trinajstić information content (AvgIpc) is 2.90. The minimum Gasteiger partial charge on any atom is -0.308 e. The fourth-order valence-corrected chi connectivity index (χ4v) is 3.89. The molecular weight excluding hydrogens is 266 g/mol. The lowest BCUT2D eigenvalue weighted by Gasteiger charge is -2.51. The van der Waals surface area contributed by atoms with Crippen LogP contribution in [0.25, 0.3) is 0 Å². The summed E-state index contributed by atoms with van der Waals surface area (Å²) in [5, 5.41) is 7.16. The molecule has 1 N–H and O–H groups in total. The molecule has 0 radical (unpaired) electrons. The van der Waals surface area contributed by atoms with Gasteiger partial charge in [-0.25, -0.2) is 4.98 Å². The van der Waals surface area contributed by atoms with Crippen molar-refractivity contribution in [3.05, 3.63) is 16.6 Å². The molecule has 1 fully saturated rings. The monoisotopic (exact) mass is 295 g/mol. The molecule has 0 aromatic carbocycles. The smallest absolute Gasteiger partial charge is 0.107 e. The molecule has 0 saturated carbocycles. The first-order chi connectivity index (χ1) is 9.40. The third-order valence-corrected chi connectivity index (χ3v) is 5.56. The maximum absolute atomic E-state index is 4.48. The SMILES string of the molecule is CCC1(CC)CN(Cc2nccs2)C(C(C)(C)C)CN1. The molecule has 0 aliphatic carbocycles. The van der Waals surface area contributed by atoms with E-state index in [4.69, 9.17) is 0 Å². The second kappa shape index (κ2) is 6.12. The minimum absolute atomic E-state index is 0.277. The zero-order valence-electron chi connectivity index (χ0n) is 13.6. The highest BCUT2D eigenvalue weighted by atomic mass is 32.1. The number of hydrogen-bond donors (Lipinski definition) is 1. The van der Waals surface area contributed by atoms with E-state index in [0.717, 1.165) is 19.6 Å². The third kappa shape index (κ3) is 3.41. The van der Waals surface area contributed by atoms with Gasteiger partial charge in [0.05, 0.1) is 6.54 Å². The van der Waals surface area contributed by atoms with E-state index in [9.17, 15) is 0 Å². The van der Waals surface area contributed by atoms with E-state index >= 15 is 0 Å². The largest absolute Gasteiger partial charge is 0.308 e. The van der Waals surface area contributed by atoms with Crippen molar-refractivity contribution in [3.63, 3.8) is 0 Å². The van der Waals surface area contributed by atoms with Gasteiger partial charge in [-0.1, -0.05) is 34.6 Å². The molecule has 3 nitrogen and oxygen atoms in total. The normalized spacial score (nSPS) is 23.9. The zero-order valence-corrected chi connectivity index (χ0v) is 14.4. The molecule has 2 heterocycles. The topological polar surface area (TPSA) is 28.2 Å². The number of thiazole rings is 1. The van der Waals surface area contributed by atoms with Crippen molar-refractivity contribution in [1.29, 1.82) is 0 Å². The predicted molar refractivity (Wildman–Crippen MR) is 87.1 cm³/mol. The van der Waals surface area contributed by atoms with Gasteiger partial charge in [0.2, 0.25) is 0 Å². The number of nitrogens with zero attached hydrogens (tertiary/aromatic N) is 2. The van der Waals surface area contributed by atoms with E-state index in [1.807, 2.05) is 6.20 Å². The van der Waals surface area contributed by atoms with Gasteiger partial charge in [-0.15, -0.1) is 11.3 Å². The van der Waals surface area contributed by atoms with Gasteiger partial charge in [-0.2, -0.15) is 0 Å². The van der Waals surface area contributed by atoms with Crippen LogP contribution in [0.4, 0.5) is 0 Å². The molecule has 0 amide bonds. The van der Waals surface area contributed by atoms with Crippen LogP contribution in [0.15, 0.2) is 11.6 Å². The zero-order chi connectivity index (χ0) is 14.8. The van der Waals surface area contributed by atoms with Crippen LogP contribution < -0.4 is 5.32 Å². The molecule has 1 aliphatic rings. The van der Waals surface area contributed by atoms with Crippen molar-refractivity contribution in [2.24, 2.45) is 5.41 Å². The van der Waals surface area contributed by atoms with E-state index in [0.29, 0.717) is 6.04 Å². The second-order valence-corrected chi connectivity index (χ2v) is 8.06. The number of rotatable bonds is 4. The first-order valence-corrected chi connectivity index (χ1v) is 8.65. The van der Waals surface area contributed by atoms with E-state index in [1.54, 1.807) is 11.3 Å². The summed E-state index contributed by atoms with van der Waals surface area (Å²) in [6.45, 7) is 14.8. The van der Waals surface area contributed by atoms with Crippen LogP contribution in [-0.2, 0) is 6.54 Å². The van der Waals surface area contributed by atoms with Gasteiger partial charge >= 0.3 is 0 Å². The second-order valence-electron chi connectivity index (χ2n) is 7.08. The van der Waals surface area contributed by atoms with Gasteiger partial charge < -0.3 is 5.32 Å². The van der Waals surface area contributed by atoms with Crippen molar-refractivity contribution in [1.82, 2.24) is 15.2 Å². The predicted octanol–water partition coefficient (Wildman–Crippen LogP) is 3.52. The van der Waals surface area contributed by atoms with Crippen molar-refractivity contribution in [2.45, 2.75) is 65.6 Å². The summed E-state index contributed by atoms with van der Waals surface area (Å²) in [7, 11) is 0. The molecule has 2 rings (SSSR count). The van der Waals surface area contributed by atoms with Crippen molar-refractivity contribution < 1.29 is 0 Å². The van der Waals surface area contributed by atoms with Gasteiger partial charge in [0.1, 0.15) is 5.01 Å². The molecular formula is C16H29N3S. The molecule has 1 saturated heterocycles. The lowest BCUT2D eigenvalue weighted by atomic mass is 9.80. The highest BCUT2D eigenvalue weighted by molar-refractivity contribution is 7.09. The Morgan fingerprint density at radius 1 is 1.40 bits per heavy atom. The summed E-state index contributed by atoms with van der Waals surface area (Å²) < 4.78 is 0. The van der Waals surface area contributed by atoms with E-state index < -0.39 is 0 Å². The van der Waals surface area contributed by atoms with Gasteiger partial charge in [-0.05, 0) is 18.3 Å². The van der Waals surface area contributed by atoms with Crippen LogP contribution in [0, 0.1) is 5.41 Å². The van der Waals surface area contributed by atoms with Crippen LogP contribution in [-0.4, -0.2) is 34.6 Å². The number of aromatic nitrogens is 1. The Hall–Kier alpha value is -0.450. The Bertz CT molecular complexity index is 404. The molecule has 1 aromatic heterocycles. The standard InChI is InChI=1S/C16H29N3S/c1-6-16(7-2)12-19(11-14-17-8-9-20-14)13(10-18-16)15(3,4)5/h8-9,13,18H,6-7,10-12H2,1-5H3. The van der Waals surface area contributed by atoms with E-state index in [-0.39, 0.29) is 11.0 Å². The van der Waals surface area contributed by atoms with Gasteiger partial charge in [0.25, 0.3) is 0 Å². The Labute approximate surface area is 127 Å². The maximum Gasteiger partial charge on any atom is 0.107 e. The van der Waals surface area contributed by atoms with Crippen LogP contribution in [0.1, 0.15) is 52.5 Å². The lowest BCUT2D eigenvalue weighted by Crippen LogP contribution is -2.66. The van der Waals surface area contributed by atoms with E-state index in [2.05, 4.69) is 55.2 Å². The summed E-state index contributed by atoms with van der Waals surface area (Å²) in [6.07, 6.45) is 4.30. The molecule has 0 spiro atoms. The van der Waals surface area contributed by atoms with Crippen molar-refractivity contribution >= 4 is 11.3 Å². The fourth-order valence-electron chi connectivity index (χ4n) is 3.25. The molecule has 0 bridgehead atoms. The Morgan fingerprint density at radius 3 is 2.60 bits per heavy atom. The Kier molecular flexibility index (Phi) is 4.88. The van der Waals surface area contributed by atoms with Gasteiger partial charge in [0.15, 0.2) is 0 Å². The van der Waals surface area contributed by atoms with Crippen LogP contribution in [0.5, 0.6) is 0 Å². The molecule has 20 heavy (non-hydrogen) atoms. The average molecular weight is 295 g/mol. The van der Waals surface area contributed by atoms with Gasteiger partial charge in [0, 0.05) is 36.2 Å². The summed E-state index contributed by atoms with van der Waals surface area (Å²) in [5.41, 5.74) is 0.566. The highest BCUT2D eigenvalue weighted by Crippen LogP contribution is 2.32. The molecule has 1 unspecified atom stereocenters. The molecule has 1 atom stereocenters. The maximum atomic E-state index is 4.48. The van der Waals surface area contributed by atoms with Gasteiger partial charge in [-0.3, -0.25) is 4.90 Å². The summed E-state index contributed by atoms with van der Waals surface area (Å²) in [5.74, 6) is 0. The fraction of sp³-hybridized carbons (Fsp3) is 0.812. The third-order valence-electron chi connectivity index (χ3n) is 4.79. The minimum atomic E-state index is 0.277. The van der Waals surface area contributed by atoms with Crippen LogP contribution in [0.3, 0.4) is 0 Å². The first kappa shape index (κ1) is 15.9. The number of nitrogens with one attached hydrogen (secondary N) is 1. The molecule has 1 aromatic rings. The molecule has 114 valence electrons. The number of hydrogen-bond acceptors (Lipinski definition) is 4. The van der Waals surface area contributed by atoms with Crippen molar-refractivity contribution in [2.75, 3.05) is 13.1 Å². The van der Waals surface area contributed by atoms with Crippen molar-refractivity contribution in [3.8, 4) is 0 Å². The first-order valence-electron chi connectivity index (χ1n) is 7.77. The Morgan fingerprint density at radius 2 is 2.10 bits per heavy atom. The van der Waals surface area contributed by atoms with E-state index in [1.165, 1.54) is 17.8 Å². The molecule has 1 aliphatic heterocycles.